The summed E-state index contributed by atoms with van der Waals surface area (Å²) in [7, 11) is -2.32. The third-order valence-electron chi connectivity index (χ3n) is 8.63. The largest absolute Gasteiger partial charge is 0.493 e. The molecule has 0 saturated carbocycles. The van der Waals surface area contributed by atoms with E-state index < -0.39 is 21.1 Å². The Morgan fingerprint density at radius 3 is 2.53 bits per heavy atom. The Morgan fingerprint density at radius 2 is 1.77 bits per heavy atom. The number of hydrogen-bond acceptors (Lipinski definition) is 7. The summed E-state index contributed by atoms with van der Waals surface area (Å²) in [5.41, 5.74) is 2.46. The first-order valence-electron chi connectivity index (χ1n) is 16.1. The number of likely N-dealkylation sites (tertiary alicyclic amines) is 1. The lowest BCUT2D eigenvalue weighted by atomic mass is 9.94. The molecule has 6 rings (SSSR count). The summed E-state index contributed by atoms with van der Waals surface area (Å²) >= 11 is 0. The fourth-order valence-electron chi connectivity index (χ4n) is 6.09. The van der Waals surface area contributed by atoms with Crippen molar-refractivity contribution in [2.24, 2.45) is 5.92 Å². The van der Waals surface area contributed by atoms with Gasteiger partial charge in [0.15, 0.2) is 23.1 Å². The molecular weight excluding hydrogens is 617 g/mol. The first-order chi connectivity index (χ1) is 22.8. The molecule has 2 heterocycles. The van der Waals surface area contributed by atoms with Crippen LogP contribution in [0.2, 0.25) is 0 Å². The molecule has 0 radical (unpaired) electrons. The van der Waals surface area contributed by atoms with Gasteiger partial charge in [-0.2, -0.15) is 0 Å². The molecule has 1 aliphatic heterocycles. The quantitative estimate of drug-likeness (QED) is 0.155. The van der Waals surface area contributed by atoms with Crippen molar-refractivity contribution in [2.45, 2.75) is 37.9 Å². The Bertz CT molecular complexity index is 1870. The van der Waals surface area contributed by atoms with Crippen LogP contribution in [0.1, 0.15) is 38.2 Å². The molecule has 0 spiro atoms. The van der Waals surface area contributed by atoms with Crippen LogP contribution in [0.25, 0.3) is 16.5 Å². The van der Waals surface area contributed by atoms with Crippen molar-refractivity contribution >= 4 is 32.2 Å². The van der Waals surface area contributed by atoms with Crippen molar-refractivity contribution in [1.82, 2.24) is 9.88 Å². The number of anilines is 1. The fourth-order valence-corrected chi connectivity index (χ4v) is 7.66. The summed E-state index contributed by atoms with van der Waals surface area (Å²) < 4.78 is 62.5. The summed E-state index contributed by atoms with van der Waals surface area (Å²) in [6.07, 6.45) is 11.9. The molecule has 1 fully saturated rings. The van der Waals surface area contributed by atoms with Crippen molar-refractivity contribution < 1.29 is 27.0 Å². The number of nitrogens with zero attached hydrogens (tertiary/aromatic N) is 2. The van der Waals surface area contributed by atoms with Gasteiger partial charge in [-0.1, -0.05) is 61.9 Å². The lowest BCUT2D eigenvalue weighted by Crippen LogP contribution is -2.32. The van der Waals surface area contributed by atoms with Crippen molar-refractivity contribution in [2.75, 3.05) is 38.1 Å². The van der Waals surface area contributed by atoms with Gasteiger partial charge in [-0.15, -0.1) is 0 Å². The number of benzene rings is 3. The van der Waals surface area contributed by atoms with Crippen LogP contribution in [0.3, 0.4) is 0 Å². The van der Waals surface area contributed by atoms with Crippen LogP contribution >= 0.6 is 0 Å². The molecule has 1 saturated heterocycles. The Hall–Kier alpha value is -4.41. The highest BCUT2D eigenvalue weighted by Gasteiger charge is 2.30. The van der Waals surface area contributed by atoms with Crippen LogP contribution in [0, 0.1) is 11.7 Å². The minimum atomic E-state index is -3.89. The Balaban J connectivity index is 1.15. The summed E-state index contributed by atoms with van der Waals surface area (Å²) in [4.78, 5) is 6.95. The Labute approximate surface area is 275 Å². The van der Waals surface area contributed by atoms with Gasteiger partial charge in [0.2, 0.25) is 10.0 Å². The number of ether oxygens (including phenoxy) is 3. The number of nitrogens with one attached hydrogen (secondary N) is 1. The topological polar surface area (TPSA) is 90.0 Å². The summed E-state index contributed by atoms with van der Waals surface area (Å²) in [5.74, 6) is 0.438. The third kappa shape index (κ3) is 7.77. The molecule has 3 aromatic carbocycles. The van der Waals surface area contributed by atoms with Crippen LogP contribution in [-0.4, -0.2) is 56.9 Å². The van der Waals surface area contributed by atoms with E-state index in [9.17, 15) is 8.42 Å². The van der Waals surface area contributed by atoms with Gasteiger partial charge in [0, 0.05) is 30.3 Å². The zero-order valence-corrected chi connectivity index (χ0v) is 27.5. The predicted molar refractivity (Wildman–Crippen MR) is 184 cm³/mol. The molecule has 1 aliphatic carbocycles. The third-order valence-corrected chi connectivity index (χ3v) is 10.4. The highest BCUT2D eigenvalue weighted by Crippen LogP contribution is 2.38. The summed E-state index contributed by atoms with van der Waals surface area (Å²) in [6.45, 7) is 5.69. The number of pyridine rings is 1. The smallest absolute Gasteiger partial charge is 0.239 e. The highest BCUT2D eigenvalue weighted by atomic mass is 32.2. The maximum Gasteiger partial charge on any atom is 0.239 e. The highest BCUT2D eigenvalue weighted by molar-refractivity contribution is 7.93. The number of hydrogen-bond donors (Lipinski definition) is 1. The second-order valence-corrected chi connectivity index (χ2v) is 13.8. The normalized spacial score (nSPS) is 18.5. The number of methoxy groups -OCH3 is 1. The van der Waals surface area contributed by atoms with Gasteiger partial charge in [-0.25, -0.2) is 12.8 Å². The van der Waals surface area contributed by atoms with E-state index in [1.165, 1.54) is 31.4 Å². The van der Waals surface area contributed by atoms with Crippen molar-refractivity contribution in [3.05, 3.63) is 103 Å². The Kier molecular flexibility index (Phi) is 10.1. The first-order valence-corrected chi connectivity index (χ1v) is 17.6. The SMILES string of the molecule is COc1cc2c(Oc3ccc(NS(=O)(=O)C4C=C(c5ccccc5)C=CC4C)cc3F)ccnc2cc1OCCCN1CCCCC1. The molecule has 47 heavy (non-hydrogen) atoms. The van der Waals surface area contributed by atoms with E-state index in [4.69, 9.17) is 14.2 Å². The van der Waals surface area contributed by atoms with Crippen LogP contribution < -0.4 is 18.9 Å². The lowest BCUT2D eigenvalue weighted by Gasteiger charge is -2.26. The number of fused-ring (bicyclic) bond motifs is 1. The monoisotopic (exact) mass is 657 g/mol. The zero-order valence-electron chi connectivity index (χ0n) is 26.7. The first kappa shape index (κ1) is 32.5. The van der Waals surface area contributed by atoms with Crippen molar-refractivity contribution in [3.63, 3.8) is 0 Å². The lowest BCUT2D eigenvalue weighted by molar-refractivity contribution is 0.203. The van der Waals surface area contributed by atoms with E-state index in [0.29, 0.717) is 34.8 Å². The molecule has 2 atom stereocenters. The number of halogens is 1. The zero-order chi connectivity index (χ0) is 32.8. The Morgan fingerprint density at radius 1 is 0.957 bits per heavy atom. The minimum Gasteiger partial charge on any atom is -0.493 e. The van der Waals surface area contributed by atoms with Gasteiger partial charge in [0.05, 0.1) is 24.9 Å². The standard InChI is InChI=1S/C37H40FN3O5S/c1-26-12-13-28(27-10-5-3-6-11-27)22-37(26)47(42,43)40-29-14-15-34(31(38)23-29)46-33-16-17-39-32-25-36(35(44-2)24-30(32)33)45-21-9-20-41-18-7-4-8-19-41/h3,5-6,10-17,22-26,37,40H,4,7-9,18-21H2,1-2H3. The number of piperidine rings is 1. The number of allylic oxidation sites excluding steroid dienone is 3. The molecule has 0 bridgehead atoms. The molecule has 4 aromatic rings. The number of sulfonamides is 1. The van der Waals surface area contributed by atoms with E-state index in [-0.39, 0.29) is 17.4 Å². The molecule has 10 heteroatoms. The van der Waals surface area contributed by atoms with Gasteiger partial charge in [-0.3, -0.25) is 9.71 Å². The van der Waals surface area contributed by atoms with Gasteiger partial charge in [-0.05, 0) is 73.7 Å². The molecule has 0 amide bonds. The van der Waals surface area contributed by atoms with Gasteiger partial charge in [0.25, 0.3) is 0 Å². The molecule has 2 aliphatic rings. The number of rotatable bonds is 12. The minimum absolute atomic E-state index is 0.0577. The van der Waals surface area contributed by atoms with Crippen LogP contribution in [0.5, 0.6) is 23.0 Å². The number of aromatic nitrogens is 1. The molecule has 246 valence electrons. The molecule has 2 unspecified atom stereocenters. The van der Waals surface area contributed by atoms with Gasteiger partial charge < -0.3 is 19.1 Å². The van der Waals surface area contributed by atoms with Crippen LogP contribution in [0.15, 0.2) is 91.2 Å². The predicted octanol–water partition coefficient (Wildman–Crippen LogP) is 7.83. The maximum atomic E-state index is 15.4. The second-order valence-electron chi connectivity index (χ2n) is 12.0. The van der Waals surface area contributed by atoms with Gasteiger partial charge in [0.1, 0.15) is 11.0 Å². The molecule has 1 N–H and O–H groups in total. The van der Waals surface area contributed by atoms with E-state index in [0.717, 1.165) is 43.3 Å². The average molecular weight is 658 g/mol. The van der Waals surface area contributed by atoms with E-state index in [2.05, 4.69) is 14.6 Å². The van der Waals surface area contributed by atoms with E-state index >= 15 is 4.39 Å². The van der Waals surface area contributed by atoms with Crippen molar-refractivity contribution in [1.29, 1.82) is 0 Å². The fraction of sp³-hybridized carbons (Fsp3) is 0.324. The maximum absolute atomic E-state index is 15.4. The molecular formula is C37H40FN3O5S. The average Bonchev–Trinajstić information content (AvgIpc) is 3.08. The van der Waals surface area contributed by atoms with E-state index in [1.54, 1.807) is 37.6 Å². The van der Waals surface area contributed by atoms with Gasteiger partial charge >= 0.3 is 0 Å². The van der Waals surface area contributed by atoms with Crippen LogP contribution in [0.4, 0.5) is 10.1 Å². The summed E-state index contributed by atoms with van der Waals surface area (Å²) in [6, 6.07) is 18.8. The molecule has 1 aromatic heterocycles. The molecule has 8 nitrogen and oxygen atoms in total. The van der Waals surface area contributed by atoms with Crippen LogP contribution in [-0.2, 0) is 10.0 Å². The van der Waals surface area contributed by atoms with Crippen molar-refractivity contribution in [3.8, 4) is 23.0 Å². The summed E-state index contributed by atoms with van der Waals surface area (Å²) in [5, 5.41) is -0.210. The van der Waals surface area contributed by atoms with E-state index in [1.807, 2.05) is 49.4 Å². The second kappa shape index (κ2) is 14.6.